The minimum absolute atomic E-state index is 0.475. The molecule has 3 nitrogen and oxygen atoms in total. The molecule has 0 unspecified atom stereocenters. The summed E-state index contributed by atoms with van der Waals surface area (Å²) >= 11 is 5.29. The van der Waals surface area contributed by atoms with Crippen LogP contribution in [0.2, 0.25) is 0 Å². The van der Waals surface area contributed by atoms with E-state index in [4.69, 9.17) is 12.2 Å². The van der Waals surface area contributed by atoms with E-state index in [9.17, 15) is 0 Å². The van der Waals surface area contributed by atoms with Crippen molar-refractivity contribution in [3.63, 3.8) is 0 Å². The third-order valence-electron chi connectivity index (χ3n) is 3.90. The average molecular weight is 313 g/mol. The lowest BCUT2D eigenvalue weighted by molar-refractivity contribution is 0.637. The van der Waals surface area contributed by atoms with Crippen molar-refractivity contribution in [3.05, 3.63) is 53.6 Å². The summed E-state index contributed by atoms with van der Waals surface area (Å²) < 4.78 is 0. The van der Waals surface area contributed by atoms with Gasteiger partial charge in [0.15, 0.2) is 5.11 Å². The minimum Gasteiger partial charge on any atom is -0.331 e. The largest absolute Gasteiger partial charge is 0.331 e. The Morgan fingerprint density at radius 3 is 2.59 bits per heavy atom. The summed E-state index contributed by atoms with van der Waals surface area (Å²) in [5.41, 5.74) is 8.59. The molecule has 22 heavy (non-hydrogen) atoms. The van der Waals surface area contributed by atoms with E-state index in [1.807, 2.05) is 24.3 Å². The molecule has 1 aliphatic carbocycles. The number of aryl methyl sites for hydroxylation is 1. The van der Waals surface area contributed by atoms with E-state index in [2.05, 4.69) is 49.3 Å². The number of hydrogen-bond acceptors (Lipinski definition) is 2. The van der Waals surface area contributed by atoms with Gasteiger partial charge >= 0.3 is 0 Å². The van der Waals surface area contributed by atoms with Gasteiger partial charge in [0.2, 0.25) is 0 Å². The summed E-state index contributed by atoms with van der Waals surface area (Å²) in [6.07, 6.45) is 4.18. The molecule has 0 heterocycles. The topological polar surface area (TPSA) is 36.4 Å². The molecule has 1 aliphatic rings. The molecule has 0 saturated heterocycles. The number of nitrogens with one attached hydrogen (secondary N) is 2. The van der Waals surface area contributed by atoms with Crippen LogP contribution in [0.15, 0.2) is 53.2 Å². The molecule has 2 rings (SSSR count). The Labute approximate surface area is 138 Å². The van der Waals surface area contributed by atoms with Crippen LogP contribution in [0.25, 0.3) is 0 Å². The van der Waals surface area contributed by atoms with E-state index in [1.165, 1.54) is 16.7 Å². The molecule has 1 aromatic carbocycles. The average Bonchev–Trinajstić information content (AvgIpc) is 2.48. The highest BCUT2D eigenvalue weighted by Gasteiger charge is 2.18. The molecule has 1 atom stereocenters. The Morgan fingerprint density at radius 2 is 1.95 bits per heavy atom. The van der Waals surface area contributed by atoms with E-state index >= 15 is 0 Å². The van der Waals surface area contributed by atoms with E-state index < -0.39 is 0 Å². The lowest BCUT2D eigenvalue weighted by Crippen LogP contribution is -2.26. The zero-order valence-corrected chi connectivity index (χ0v) is 14.3. The molecule has 0 amide bonds. The molecule has 1 aromatic rings. The van der Waals surface area contributed by atoms with Gasteiger partial charge in [0.05, 0.1) is 5.71 Å². The normalized spacial score (nSPS) is 19.5. The van der Waals surface area contributed by atoms with Gasteiger partial charge in [-0.05, 0) is 69.5 Å². The first-order valence-corrected chi connectivity index (χ1v) is 7.89. The predicted molar refractivity (Wildman–Crippen MR) is 99.3 cm³/mol. The van der Waals surface area contributed by atoms with Gasteiger partial charge in [-0.2, -0.15) is 5.10 Å². The molecule has 116 valence electrons. The molecular weight excluding hydrogens is 290 g/mol. The fourth-order valence-corrected chi connectivity index (χ4v) is 2.50. The maximum absolute atomic E-state index is 5.29. The summed E-state index contributed by atoms with van der Waals surface area (Å²) in [6, 6.07) is 8.09. The summed E-state index contributed by atoms with van der Waals surface area (Å²) in [6.45, 7) is 10.3. The van der Waals surface area contributed by atoms with Crippen LogP contribution >= 0.6 is 12.2 Å². The maximum Gasteiger partial charge on any atom is 0.191 e. The smallest absolute Gasteiger partial charge is 0.191 e. The van der Waals surface area contributed by atoms with Gasteiger partial charge < -0.3 is 5.32 Å². The van der Waals surface area contributed by atoms with Crippen molar-refractivity contribution in [2.45, 2.75) is 33.6 Å². The van der Waals surface area contributed by atoms with Crippen molar-refractivity contribution in [1.29, 1.82) is 0 Å². The quantitative estimate of drug-likeness (QED) is 0.487. The van der Waals surface area contributed by atoms with Crippen LogP contribution in [-0.4, -0.2) is 10.8 Å². The van der Waals surface area contributed by atoms with E-state index in [0.29, 0.717) is 11.0 Å². The fraction of sp³-hybridized carbons (Fsp3) is 0.333. The van der Waals surface area contributed by atoms with Crippen LogP contribution in [0.1, 0.15) is 32.3 Å². The Hall–Kier alpha value is -1.94. The van der Waals surface area contributed by atoms with Crippen molar-refractivity contribution in [2.75, 3.05) is 5.32 Å². The third-order valence-corrected chi connectivity index (χ3v) is 4.10. The number of hydrogen-bond donors (Lipinski definition) is 2. The number of anilines is 1. The highest BCUT2D eigenvalue weighted by molar-refractivity contribution is 7.80. The second-order valence-corrected chi connectivity index (χ2v) is 6.27. The lowest BCUT2D eigenvalue weighted by Gasteiger charge is -2.22. The maximum atomic E-state index is 5.29. The summed E-state index contributed by atoms with van der Waals surface area (Å²) in [5.74, 6) is 0.475. The van der Waals surface area contributed by atoms with Gasteiger partial charge in [-0.1, -0.05) is 35.9 Å². The monoisotopic (exact) mass is 313 g/mol. The fourth-order valence-electron chi connectivity index (χ4n) is 2.34. The Bertz CT molecular complexity index is 626. The summed E-state index contributed by atoms with van der Waals surface area (Å²) in [7, 11) is 0. The van der Waals surface area contributed by atoms with Crippen LogP contribution < -0.4 is 10.7 Å². The molecule has 0 bridgehead atoms. The number of allylic oxidation sites excluding steroid dienone is 3. The number of rotatable bonds is 3. The van der Waals surface area contributed by atoms with Crippen molar-refractivity contribution in [3.8, 4) is 0 Å². The van der Waals surface area contributed by atoms with E-state index in [1.54, 1.807) is 0 Å². The molecule has 0 saturated carbocycles. The molecular formula is C18H23N3S. The number of nitrogens with zero attached hydrogens (tertiary/aromatic N) is 1. The van der Waals surface area contributed by atoms with Crippen LogP contribution in [0, 0.1) is 12.8 Å². The Morgan fingerprint density at radius 1 is 1.27 bits per heavy atom. The Balaban J connectivity index is 1.96. The lowest BCUT2D eigenvalue weighted by atomic mass is 9.85. The van der Waals surface area contributed by atoms with E-state index in [-0.39, 0.29) is 0 Å². The zero-order chi connectivity index (χ0) is 16.1. The van der Waals surface area contributed by atoms with Crippen LogP contribution in [-0.2, 0) is 0 Å². The van der Waals surface area contributed by atoms with Gasteiger partial charge in [-0.15, -0.1) is 0 Å². The van der Waals surface area contributed by atoms with Gasteiger partial charge in [-0.25, -0.2) is 0 Å². The van der Waals surface area contributed by atoms with Crippen molar-refractivity contribution in [1.82, 2.24) is 5.43 Å². The molecule has 4 heteroatoms. The van der Waals surface area contributed by atoms with Crippen molar-refractivity contribution >= 4 is 28.7 Å². The molecule has 0 fully saturated rings. The molecule has 2 N–H and O–H groups in total. The first-order chi connectivity index (χ1) is 10.5. The van der Waals surface area contributed by atoms with E-state index in [0.717, 1.165) is 24.2 Å². The van der Waals surface area contributed by atoms with Crippen LogP contribution in [0.4, 0.5) is 5.69 Å². The first kappa shape index (κ1) is 16.4. The SMILES string of the molecule is C=C(C)[C@H]1CC=C(C)/C(=N/NC(=S)Nc2ccc(C)cc2)C1. The van der Waals surface area contributed by atoms with Crippen LogP contribution in [0.3, 0.4) is 0 Å². The third kappa shape index (κ3) is 4.53. The second kappa shape index (κ2) is 7.36. The number of hydrazone groups is 1. The highest BCUT2D eigenvalue weighted by atomic mass is 32.1. The Kier molecular flexibility index (Phi) is 5.50. The molecule has 0 radical (unpaired) electrons. The number of benzene rings is 1. The molecule has 0 aliphatic heterocycles. The number of thiocarbonyl (C=S) groups is 1. The zero-order valence-electron chi connectivity index (χ0n) is 13.4. The summed E-state index contributed by atoms with van der Waals surface area (Å²) in [4.78, 5) is 0. The van der Waals surface area contributed by atoms with Crippen molar-refractivity contribution < 1.29 is 0 Å². The van der Waals surface area contributed by atoms with Crippen molar-refractivity contribution in [2.24, 2.45) is 11.0 Å². The standard InChI is InChI=1S/C18H23N3S/c1-12(2)15-8-7-14(4)17(11-15)20-21-18(22)19-16-9-5-13(3)6-10-16/h5-7,9-10,15H,1,8,11H2,2-4H3,(H2,19,21,22)/b20-17+/t15-/m0/s1. The van der Waals surface area contributed by atoms with Gasteiger partial charge in [-0.3, -0.25) is 5.43 Å². The summed E-state index contributed by atoms with van der Waals surface area (Å²) in [5, 5.41) is 8.10. The van der Waals surface area contributed by atoms with Gasteiger partial charge in [0.1, 0.15) is 0 Å². The van der Waals surface area contributed by atoms with Crippen LogP contribution in [0.5, 0.6) is 0 Å². The minimum atomic E-state index is 0.475. The predicted octanol–water partition coefficient (Wildman–Crippen LogP) is 4.57. The van der Waals surface area contributed by atoms with Gasteiger partial charge in [0.25, 0.3) is 0 Å². The molecule has 0 aromatic heterocycles. The van der Waals surface area contributed by atoms with Gasteiger partial charge in [0, 0.05) is 5.69 Å². The highest BCUT2D eigenvalue weighted by Crippen LogP contribution is 2.26. The molecule has 0 spiro atoms. The second-order valence-electron chi connectivity index (χ2n) is 5.86. The first-order valence-electron chi connectivity index (χ1n) is 7.48.